The van der Waals surface area contributed by atoms with E-state index in [1.165, 1.54) is 12.7 Å². The fourth-order valence-electron chi connectivity index (χ4n) is 4.82. The van der Waals surface area contributed by atoms with Crippen LogP contribution in [0.15, 0.2) is 48.5 Å². The summed E-state index contributed by atoms with van der Waals surface area (Å²) in [7, 11) is 1.37. The fourth-order valence-corrected chi connectivity index (χ4v) is 4.82. The summed E-state index contributed by atoms with van der Waals surface area (Å²) >= 11 is 0. The summed E-state index contributed by atoms with van der Waals surface area (Å²) in [6.07, 6.45) is 2.88. The Morgan fingerprint density at radius 2 is 1.88 bits per heavy atom. The number of benzene rings is 2. The van der Waals surface area contributed by atoms with Crippen molar-refractivity contribution in [1.29, 1.82) is 0 Å². The summed E-state index contributed by atoms with van der Waals surface area (Å²) in [6.45, 7) is 7.63. The van der Waals surface area contributed by atoms with Crippen molar-refractivity contribution < 1.29 is 14.5 Å². The van der Waals surface area contributed by atoms with Gasteiger partial charge < -0.3 is 9.64 Å². The van der Waals surface area contributed by atoms with Crippen LogP contribution < -0.4 is 4.90 Å². The van der Waals surface area contributed by atoms with Crippen molar-refractivity contribution >= 4 is 17.3 Å². The quantitative estimate of drug-likeness (QED) is 0.282. The van der Waals surface area contributed by atoms with E-state index in [2.05, 4.69) is 41.0 Å². The molecule has 1 heterocycles. The number of hydrogen-bond acceptors (Lipinski definition) is 6. The fraction of sp³-hybridized carbons (Fsp3) is 0.500. The van der Waals surface area contributed by atoms with Gasteiger partial charge in [-0.3, -0.25) is 19.8 Å². The molecule has 0 N–H and O–H groups in total. The molecule has 0 amide bonds. The van der Waals surface area contributed by atoms with Crippen molar-refractivity contribution in [3.8, 4) is 0 Å². The summed E-state index contributed by atoms with van der Waals surface area (Å²) in [6, 6.07) is 16.2. The van der Waals surface area contributed by atoms with Crippen LogP contribution in [0.3, 0.4) is 0 Å². The minimum Gasteiger partial charge on any atom is -0.469 e. The predicted molar refractivity (Wildman–Crippen MR) is 131 cm³/mol. The molecule has 0 spiro atoms. The van der Waals surface area contributed by atoms with E-state index in [0.717, 1.165) is 38.0 Å². The molecule has 1 aliphatic rings. The SMILES string of the molecule is CCC(CC(=O)OC)c1ccc(N(CC)C2CCN(Cc3ccccc3)CC2)c([N+](=O)[O-])c1. The number of ether oxygens (including phenoxy) is 1. The molecule has 3 rings (SSSR count). The van der Waals surface area contributed by atoms with Crippen molar-refractivity contribution in [2.45, 2.75) is 58.0 Å². The van der Waals surface area contributed by atoms with Crippen LogP contribution in [0.4, 0.5) is 11.4 Å². The van der Waals surface area contributed by atoms with Crippen LogP contribution in [0.5, 0.6) is 0 Å². The summed E-state index contributed by atoms with van der Waals surface area (Å²) in [5, 5.41) is 12.0. The van der Waals surface area contributed by atoms with Crippen LogP contribution in [0, 0.1) is 10.1 Å². The predicted octanol–water partition coefficient (Wildman–Crippen LogP) is 5.14. The normalized spacial score (nSPS) is 15.7. The standard InChI is InChI=1S/C26H35N3O4/c1-4-21(18-26(30)33-3)22-11-12-24(25(17-22)29(31)32)28(5-2)23-13-15-27(16-14-23)19-20-9-7-6-8-10-20/h6-12,17,21,23H,4-5,13-16,18-19H2,1-3H3. The minimum atomic E-state index is -0.300. The van der Waals surface area contributed by atoms with Gasteiger partial charge in [0, 0.05) is 38.3 Å². The average Bonchev–Trinajstić information content (AvgIpc) is 2.84. The number of esters is 1. The zero-order chi connectivity index (χ0) is 23.8. The number of likely N-dealkylation sites (tertiary alicyclic amines) is 1. The topological polar surface area (TPSA) is 75.9 Å². The van der Waals surface area contributed by atoms with Crippen molar-refractivity contribution in [1.82, 2.24) is 4.90 Å². The van der Waals surface area contributed by atoms with Crippen molar-refractivity contribution in [2.75, 3.05) is 31.6 Å². The molecule has 2 aromatic carbocycles. The molecule has 7 heteroatoms. The van der Waals surface area contributed by atoms with E-state index >= 15 is 0 Å². The highest BCUT2D eigenvalue weighted by atomic mass is 16.6. The van der Waals surface area contributed by atoms with E-state index in [0.29, 0.717) is 18.7 Å². The first kappa shape index (κ1) is 24.7. The van der Waals surface area contributed by atoms with Gasteiger partial charge in [-0.25, -0.2) is 0 Å². The highest BCUT2D eigenvalue weighted by Gasteiger charge is 2.29. The van der Waals surface area contributed by atoms with E-state index in [-0.39, 0.29) is 35.0 Å². The van der Waals surface area contributed by atoms with Gasteiger partial charge >= 0.3 is 5.97 Å². The maximum Gasteiger partial charge on any atom is 0.306 e. The number of carbonyl (C=O) groups excluding carboxylic acids is 1. The third kappa shape index (κ3) is 6.32. The van der Waals surface area contributed by atoms with Gasteiger partial charge in [-0.2, -0.15) is 0 Å². The van der Waals surface area contributed by atoms with E-state index in [1.54, 1.807) is 6.07 Å². The number of nitrogens with zero attached hydrogens (tertiary/aromatic N) is 3. The molecule has 1 atom stereocenters. The smallest absolute Gasteiger partial charge is 0.306 e. The molecule has 1 unspecified atom stereocenters. The third-order valence-corrected chi connectivity index (χ3v) is 6.70. The summed E-state index contributed by atoms with van der Waals surface area (Å²) in [4.78, 5) is 28.1. The lowest BCUT2D eigenvalue weighted by Crippen LogP contribution is -2.45. The first-order chi connectivity index (χ1) is 16.0. The van der Waals surface area contributed by atoms with Crippen LogP contribution >= 0.6 is 0 Å². The zero-order valence-corrected chi connectivity index (χ0v) is 19.9. The molecule has 1 aliphatic heterocycles. The molecule has 2 aromatic rings. The summed E-state index contributed by atoms with van der Waals surface area (Å²) < 4.78 is 4.80. The second kappa shape index (κ2) is 11.8. The number of rotatable bonds is 10. The van der Waals surface area contributed by atoms with Crippen LogP contribution in [0.2, 0.25) is 0 Å². The first-order valence-corrected chi connectivity index (χ1v) is 11.8. The largest absolute Gasteiger partial charge is 0.469 e. The molecule has 1 fully saturated rings. The number of hydrogen-bond donors (Lipinski definition) is 0. The summed E-state index contributed by atoms with van der Waals surface area (Å²) in [5.41, 5.74) is 2.91. The van der Waals surface area contributed by atoms with Gasteiger partial charge in [0.25, 0.3) is 5.69 Å². The van der Waals surface area contributed by atoms with E-state index in [1.807, 2.05) is 25.1 Å². The lowest BCUT2D eigenvalue weighted by molar-refractivity contribution is -0.384. The first-order valence-electron chi connectivity index (χ1n) is 11.8. The Kier molecular flexibility index (Phi) is 8.83. The molecule has 1 saturated heterocycles. The maximum absolute atomic E-state index is 12.0. The number of nitro benzene ring substituents is 1. The van der Waals surface area contributed by atoms with Gasteiger partial charge in [-0.05, 0) is 49.3 Å². The summed E-state index contributed by atoms with van der Waals surface area (Å²) in [5.74, 6) is -0.396. The lowest BCUT2D eigenvalue weighted by Gasteiger charge is -2.39. The highest BCUT2D eigenvalue weighted by molar-refractivity contribution is 5.71. The second-order valence-electron chi connectivity index (χ2n) is 8.67. The van der Waals surface area contributed by atoms with Gasteiger partial charge in [-0.15, -0.1) is 0 Å². The highest BCUT2D eigenvalue weighted by Crippen LogP contribution is 2.36. The van der Waals surface area contributed by atoms with E-state index in [4.69, 9.17) is 4.74 Å². The molecule has 0 saturated carbocycles. The Balaban J connectivity index is 1.74. The molecule has 0 radical (unpaired) electrons. The number of methoxy groups -OCH3 is 1. The van der Waals surface area contributed by atoms with E-state index < -0.39 is 0 Å². The maximum atomic E-state index is 12.0. The number of carbonyl (C=O) groups is 1. The number of nitro groups is 1. The monoisotopic (exact) mass is 453 g/mol. The van der Waals surface area contributed by atoms with E-state index in [9.17, 15) is 14.9 Å². The molecular formula is C26H35N3O4. The lowest BCUT2D eigenvalue weighted by atomic mass is 9.92. The Bertz CT molecular complexity index is 926. The van der Waals surface area contributed by atoms with Crippen molar-refractivity contribution in [2.24, 2.45) is 0 Å². The molecule has 0 aliphatic carbocycles. The van der Waals surface area contributed by atoms with Crippen LogP contribution in [0.25, 0.3) is 0 Å². The molecule has 0 bridgehead atoms. The number of anilines is 1. The molecular weight excluding hydrogens is 418 g/mol. The third-order valence-electron chi connectivity index (χ3n) is 6.70. The van der Waals surface area contributed by atoms with Gasteiger partial charge in [0.1, 0.15) is 5.69 Å². The minimum absolute atomic E-state index is 0.0958. The zero-order valence-electron chi connectivity index (χ0n) is 19.9. The number of piperidine rings is 1. The van der Waals surface area contributed by atoms with Gasteiger partial charge in [0.15, 0.2) is 0 Å². The Morgan fingerprint density at radius 1 is 1.18 bits per heavy atom. The van der Waals surface area contributed by atoms with Gasteiger partial charge in [0.05, 0.1) is 18.5 Å². The van der Waals surface area contributed by atoms with Crippen LogP contribution in [-0.4, -0.2) is 48.6 Å². The molecule has 178 valence electrons. The van der Waals surface area contributed by atoms with Crippen LogP contribution in [-0.2, 0) is 16.1 Å². The Hall–Kier alpha value is -2.93. The Morgan fingerprint density at radius 3 is 2.45 bits per heavy atom. The Labute approximate surface area is 196 Å². The van der Waals surface area contributed by atoms with Crippen molar-refractivity contribution in [3.63, 3.8) is 0 Å². The second-order valence-corrected chi connectivity index (χ2v) is 8.67. The van der Waals surface area contributed by atoms with Crippen LogP contribution in [0.1, 0.15) is 56.6 Å². The van der Waals surface area contributed by atoms with Gasteiger partial charge in [0.2, 0.25) is 0 Å². The average molecular weight is 454 g/mol. The van der Waals surface area contributed by atoms with Gasteiger partial charge in [-0.1, -0.05) is 43.3 Å². The molecule has 7 nitrogen and oxygen atoms in total. The molecule has 0 aromatic heterocycles. The molecule has 33 heavy (non-hydrogen) atoms. The van der Waals surface area contributed by atoms with Crippen molar-refractivity contribution in [3.05, 3.63) is 69.8 Å².